The van der Waals surface area contributed by atoms with Crippen LogP contribution < -0.4 is 10.1 Å². The van der Waals surface area contributed by atoms with Crippen LogP contribution in [0.3, 0.4) is 0 Å². The zero-order valence-electron chi connectivity index (χ0n) is 21.7. The maximum absolute atomic E-state index is 13.5. The topological polar surface area (TPSA) is 133 Å². The van der Waals surface area contributed by atoms with Gasteiger partial charge in [-0.3, -0.25) is 9.59 Å². The highest BCUT2D eigenvalue weighted by atomic mass is 32.2. The monoisotopic (exact) mass is 534 g/mol. The number of nitrogens with one attached hydrogen (secondary N) is 1. The zero-order valence-corrected chi connectivity index (χ0v) is 22.5. The summed E-state index contributed by atoms with van der Waals surface area (Å²) in [4.78, 5) is 23.4. The SMILES string of the molecule is COc1ccc(S(=O)(=O)N(CCC(C)C)CC(O)C(Cc2ccccc2)NC(=O)CCCC(=O)O)cc1. The molecule has 1 amide bonds. The van der Waals surface area contributed by atoms with Gasteiger partial charge >= 0.3 is 5.97 Å². The Bertz CT molecular complexity index is 1090. The molecule has 2 aromatic rings. The van der Waals surface area contributed by atoms with Gasteiger partial charge in [0.15, 0.2) is 0 Å². The van der Waals surface area contributed by atoms with Crippen molar-refractivity contribution in [1.29, 1.82) is 0 Å². The third-order valence-corrected chi connectivity index (χ3v) is 7.83. The van der Waals surface area contributed by atoms with Gasteiger partial charge in [-0.05, 0) is 55.0 Å². The Morgan fingerprint density at radius 3 is 2.24 bits per heavy atom. The standard InChI is InChI=1S/C27H38N2O7S/c1-20(2)16-17-29(37(34,35)23-14-12-22(36-3)13-15-23)19-25(30)24(18-21-8-5-4-6-9-21)28-26(31)10-7-11-27(32)33/h4-6,8-9,12-15,20,24-25,30H,7,10-11,16-19H2,1-3H3,(H,28,31)(H,32,33). The molecular formula is C27H38N2O7S. The highest BCUT2D eigenvalue weighted by molar-refractivity contribution is 7.89. The van der Waals surface area contributed by atoms with Crippen molar-refractivity contribution in [2.75, 3.05) is 20.2 Å². The number of amides is 1. The number of sulfonamides is 1. The van der Waals surface area contributed by atoms with Crippen molar-refractivity contribution in [3.05, 3.63) is 60.2 Å². The smallest absolute Gasteiger partial charge is 0.303 e. The molecule has 37 heavy (non-hydrogen) atoms. The minimum absolute atomic E-state index is 0.00841. The first kappa shape index (κ1) is 30.3. The molecule has 0 aliphatic carbocycles. The summed E-state index contributed by atoms with van der Waals surface area (Å²) in [6, 6.07) is 14.6. The highest BCUT2D eigenvalue weighted by Crippen LogP contribution is 2.22. The van der Waals surface area contributed by atoms with Gasteiger partial charge in [0.25, 0.3) is 0 Å². The van der Waals surface area contributed by atoms with Crippen LogP contribution in [0.5, 0.6) is 5.75 Å². The molecule has 0 fully saturated rings. The number of nitrogens with zero attached hydrogens (tertiary/aromatic N) is 1. The van der Waals surface area contributed by atoms with Crippen LogP contribution >= 0.6 is 0 Å². The van der Waals surface area contributed by atoms with E-state index in [4.69, 9.17) is 9.84 Å². The molecule has 9 nitrogen and oxygen atoms in total. The first-order valence-corrected chi connectivity index (χ1v) is 13.8. The molecule has 0 bridgehead atoms. The van der Waals surface area contributed by atoms with Crippen LogP contribution in [0.4, 0.5) is 0 Å². The summed E-state index contributed by atoms with van der Waals surface area (Å²) in [7, 11) is -2.44. The summed E-state index contributed by atoms with van der Waals surface area (Å²) in [6.07, 6.45) is -0.306. The molecule has 10 heteroatoms. The highest BCUT2D eigenvalue weighted by Gasteiger charge is 2.31. The number of rotatable bonds is 16. The Morgan fingerprint density at radius 1 is 1.03 bits per heavy atom. The van der Waals surface area contributed by atoms with E-state index < -0.39 is 34.0 Å². The summed E-state index contributed by atoms with van der Waals surface area (Å²) in [6.45, 7) is 3.97. The molecule has 3 N–H and O–H groups in total. The average molecular weight is 535 g/mol. The summed E-state index contributed by atoms with van der Waals surface area (Å²) in [5.74, 6) is -0.618. The van der Waals surface area contributed by atoms with Crippen LogP contribution in [0, 0.1) is 5.92 Å². The summed E-state index contributed by atoms with van der Waals surface area (Å²) >= 11 is 0. The average Bonchev–Trinajstić information content (AvgIpc) is 2.86. The second-order valence-electron chi connectivity index (χ2n) is 9.40. The van der Waals surface area contributed by atoms with Crippen molar-refractivity contribution in [2.24, 2.45) is 5.92 Å². The van der Waals surface area contributed by atoms with Gasteiger partial charge in [-0.2, -0.15) is 4.31 Å². The van der Waals surface area contributed by atoms with E-state index in [9.17, 15) is 23.1 Å². The van der Waals surface area contributed by atoms with Gasteiger partial charge < -0.3 is 20.3 Å². The first-order valence-electron chi connectivity index (χ1n) is 12.4. The normalized spacial score (nSPS) is 13.4. The van der Waals surface area contributed by atoms with Crippen LogP contribution in [-0.2, 0) is 26.0 Å². The lowest BCUT2D eigenvalue weighted by Crippen LogP contribution is -2.50. The minimum Gasteiger partial charge on any atom is -0.497 e. The molecule has 0 saturated carbocycles. The van der Waals surface area contributed by atoms with Crippen molar-refractivity contribution >= 4 is 21.9 Å². The van der Waals surface area contributed by atoms with Crippen molar-refractivity contribution in [3.8, 4) is 5.75 Å². The predicted octanol–water partition coefficient (Wildman–Crippen LogP) is 3.08. The molecule has 0 spiro atoms. The molecule has 2 atom stereocenters. The fourth-order valence-electron chi connectivity index (χ4n) is 3.77. The fraction of sp³-hybridized carbons (Fsp3) is 0.481. The second-order valence-corrected chi connectivity index (χ2v) is 11.3. The summed E-state index contributed by atoms with van der Waals surface area (Å²) < 4.78 is 33.4. The maximum Gasteiger partial charge on any atom is 0.303 e. The number of benzene rings is 2. The lowest BCUT2D eigenvalue weighted by atomic mass is 10.0. The van der Waals surface area contributed by atoms with Crippen LogP contribution in [-0.4, -0.2) is 67.2 Å². The predicted molar refractivity (Wildman–Crippen MR) is 141 cm³/mol. The van der Waals surface area contributed by atoms with Gasteiger partial charge in [0.1, 0.15) is 5.75 Å². The van der Waals surface area contributed by atoms with Crippen LogP contribution in [0.2, 0.25) is 0 Å². The molecule has 0 heterocycles. The Labute approximate surface area is 219 Å². The van der Waals surface area contributed by atoms with Gasteiger partial charge in [0.05, 0.1) is 24.2 Å². The number of hydrogen-bond donors (Lipinski definition) is 3. The number of hydrogen-bond acceptors (Lipinski definition) is 6. The van der Waals surface area contributed by atoms with E-state index in [1.807, 2.05) is 44.2 Å². The molecule has 2 rings (SSSR count). The van der Waals surface area contributed by atoms with Gasteiger partial charge in [-0.25, -0.2) is 8.42 Å². The molecule has 204 valence electrons. The van der Waals surface area contributed by atoms with Crippen molar-refractivity contribution in [2.45, 2.75) is 63.0 Å². The Kier molecular flexibility index (Phi) is 12.0. The van der Waals surface area contributed by atoms with Gasteiger partial charge in [-0.15, -0.1) is 0 Å². The zero-order chi connectivity index (χ0) is 27.4. The van der Waals surface area contributed by atoms with Crippen molar-refractivity contribution < 1.29 is 33.0 Å². The lowest BCUT2D eigenvalue weighted by molar-refractivity contribution is -0.137. The number of carbonyl (C=O) groups excluding carboxylic acids is 1. The van der Waals surface area contributed by atoms with E-state index >= 15 is 0 Å². The molecule has 0 radical (unpaired) electrons. The number of aliphatic carboxylic acids is 1. The van der Waals surface area contributed by atoms with Crippen LogP contribution in [0.15, 0.2) is 59.5 Å². The largest absolute Gasteiger partial charge is 0.497 e. The number of ether oxygens (including phenoxy) is 1. The third kappa shape index (κ3) is 10.1. The Balaban J connectivity index is 2.26. The first-order chi connectivity index (χ1) is 17.5. The molecular weight excluding hydrogens is 496 g/mol. The Morgan fingerprint density at radius 2 is 1.68 bits per heavy atom. The number of carbonyl (C=O) groups is 2. The number of methoxy groups -OCH3 is 1. The molecule has 0 aromatic heterocycles. The lowest BCUT2D eigenvalue weighted by Gasteiger charge is -2.30. The van der Waals surface area contributed by atoms with Crippen molar-refractivity contribution in [3.63, 3.8) is 0 Å². The number of aliphatic hydroxyl groups is 1. The fourth-order valence-corrected chi connectivity index (χ4v) is 5.25. The quantitative estimate of drug-likeness (QED) is 0.301. The molecule has 0 saturated heterocycles. The van der Waals surface area contributed by atoms with Crippen molar-refractivity contribution in [1.82, 2.24) is 9.62 Å². The van der Waals surface area contributed by atoms with E-state index in [0.717, 1.165) is 5.56 Å². The molecule has 2 aromatic carbocycles. The van der Waals surface area contributed by atoms with E-state index in [2.05, 4.69) is 5.32 Å². The molecule has 0 aliphatic rings. The van der Waals surface area contributed by atoms with Gasteiger partial charge in [0.2, 0.25) is 15.9 Å². The number of carboxylic acid groups (broad SMARTS) is 1. The van der Waals surface area contributed by atoms with Gasteiger partial charge in [0, 0.05) is 25.9 Å². The van der Waals surface area contributed by atoms with Gasteiger partial charge in [-0.1, -0.05) is 44.2 Å². The van der Waals surface area contributed by atoms with E-state index in [1.54, 1.807) is 12.1 Å². The molecule has 2 unspecified atom stereocenters. The van der Waals surface area contributed by atoms with Crippen LogP contribution in [0.25, 0.3) is 0 Å². The van der Waals surface area contributed by atoms with E-state index in [0.29, 0.717) is 12.2 Å². The Hall–Kier alpha value is -2.95. The number of carboxylic acids is 1. The number of aliphatic hydroxyl groups excluding tert-OH is 1. The second kappa shape index (κ2) is 14.7. The summed E-state index contributed by atoms with van der Waals surface area (Å²) in [5.41, 5.74) is 0.865. The summed E-state index contributed by atoms with van der Waals surface area (Å²) in [5, 5.41) is 22.9. The minimum atomic E-state index is -3.94. The van der Waals surface area contributed by atoms with E-state index in [-0.39, 0.29) is 49.6 Å². The molecule has 0 aliphatic heterocycles. The van der Waals surface area contributed by atoms with Crippen LogP contribution in [0.1, 0.15) is 45.1 Å². The maximum atomic E-state index is 13.5. The third-order valence-electron chi connectivity index (χ3n) is 5.95. The van der Waals surface area contributed by atoms with E-state index in [1.165, 1.54) is 23.5 Å².